The molecular weight excluding hydrogens is 532 g/mol. The Kier molecular flexibility index (Phi) is 8.65. The molecule has 1 aromatic carbocycles. The minimum Gasteiger partial charge on any atom is -0.504 e. The molecule has 1 aromatic rings. The number of hydrogen-bond acceptors (Lipinski definition) is 13. The molecule has 13 nitrogen and oxygen atoms in total. The Balaban J connectivity index is 1.83. The van der Waals surface area contributed by atoms with Crippen molar-refractivity contribution in [3.05, 3.63) is 29.3 Å². The first kappa shape index (κ1) is 31.7. The Bertz CT molecular complexity index is 1150. The van der Waals surface area contributed by atoms with Gasteiger partial charge in [-0.05, 0) is 32.1 Å². The van der Waals surface area contributed by atoms with Crippen molar-refractivity contribution in [2.75, 3.05) is 6.61 Å². The zero-order valence-corrected chi connectivity index (χ0v) is 23.1. The van der Waals surface area contributed by atoms with Crippen LogP contribution in [0, 0.1) is 10.8 Å². The van der Waals surface area contributed by atoms with Crippen LogP contribution in [-0.4, -0.2) is 108 Å². The van der Waals surface area contributed by atoms with Gasteiger partial charge in [0.15, 0.2) is 34.9 Å². The van der Waals surface area contributed by atoms with E-state index in [0.29, 0.717) is 5.57 Å². The second kappa shape index (κ2) is 10.9. The largest absolute Gasteiger partial charge is 0.504 e. The zero-order valence-electron chi connectivity index (χ0n) is 23.1. The number of rotatable bonds is 7. The van der Waals surface area contributed by atoms with Crippen molar-refractivity contribution in [3.8, 4) is 17.2 Å². The predicted octanol–water partition coefficient (Wildman–Crippen LogP) is -0.154. The highest BCUT2D eigenvalue weighted by atomic mass is 16.7. The van der Waals surface area contributed by atoms with Gasteiger partial charge in [-0.2, -0.15) is 0 Å². The highest BCUT2D eigenvalue weighted by Gasteiger charge is 2.71. The molecule has 1 heterocycles. The van der Waals surface area contributed by atoms with E-state index in [0.717, 1.165) is 12.1 Å². The molecule has 8 N–H and O–H groups in total. The molecule has 0 amide bonds. The van der Waals surface area contributed by atoms with Crippen LogP contribution in [0.2, 0.25) is 0 Å². The molecule has 13 heteroatoms. The summed E-state index contributed by atoms with van der Waals surface area (Å²) in [6, 6.07) is 1.68. The zero-order chi connectivity index (χ0) is 30.5. The Morgan fingerprint density at radius 3 is 2.02 bits per heavy atom. The molecule has 224 valence electrons. The summed E-state index contributed by atoms with van der Waals surface area (Å²) in [4.78, 5) is 25.5. The predicted molar refractivity (Wildman–Crippen MR) is 136 cm³/mol. The van der Waals surface area contributed by atoms with Crippen LogP contribution >= 0.6 is 0 Å². The molecular formula is C27H38O13. The second-order valence-corrected chi connectivity index (χ2v) is 11.8. The van der Waals surface area contributed by atoms with E-state index in [-0.39, 0.29) is 5.56 Å². The summed E-state index contributed by atoms with van der Waals surface area (Å²) in [6.07, 6.45) is -9.98. The third-order valence-electron chi connectivity index (χ3n) is 7.83. The lowest BCUT2D eigenvalue weighted by molar-refractivity contribution is -0.325. The van der Waals surface area contributed by atoms with Crippen LogP contribution in [0.4, 0.5) is 0 Å². The van der Waals surface area contributed by atoms with Crippen LogP contribution in [0.3, 0.4) is 0 Å². The molecule has 3 rings (SSSR count). The molecule has 3 unspecified atom stereocenters. The number of aliphatic hydroxyl groups excluding tert-OH is 4. The Morgan fingerprint density at radius 2 is 1.50 bits per heavy atom. The summed E-state index contributed by atoms with van der Waals surface area (Å²) < 4.78 is 16.8. The number of ketones is 1. The van der Waals surface area contributed by atoms with Crippen LogP contribution in [0.5, 0.6) is 17.2 Å². The van der Waals surface area contributed by atoms with Gasteiger partial charge in [-0.1, -0.05) is 33.3 Å². The molecule has 1 aliphatic heterocycles. The lowest BCUT2D eigenvalue weighted by Gasteiger charge is -2.45. The van der Waals surface area contributed by atoms with E-state index in [1.165, 1.54) is 19.9 Å². The van der Waals surface area contributed by atoms with Gasteiger partial charge in [0.25, 0.3) is 0 Å². The Hall–Kier alpha value is -2.78. The van der Waals surface area contributed by atoms with Gasteiger partial charge in [0.1, 0.15) is 31.0 Å². The third-order valence-corrected chi connectivity index (χ3v) is 7.83. The topological polar surface area (TPSA) is 224 Å². The number of aliphatic hydroxyl groups is 5. The summed E-state index contributed by atoms with van der Waals surface area (Å²) in [6.45, 7) is 8.78. The Labute approximate surface area is 230 Å². The molecule has 1 saturated carbocycles. The molecule has 1 aliphatic carbocycles. The van der Waals surface area contributed by atoms with Gasteiger partial charge < -0.3 is 55.1 Å². The summed E-state index contributed by atoms with van der Waals surface area (Å²) in [5.74, 6) is -4.21. The first-order valence-electron chi connectivity index (χ1n) is 12.6. The minimum absolute atomic E-state index is 0.338. The summed E-state index contributed by atoms with van der Waals surface area (Å²) in [5.41, 5.74) is -4.75. The number of hydrogen-bond donors (Lipinski definition) is 8. The van der Waals surface area contributed by atoms with E-state index in [1.54, 1.807) is 27.7 Å². The second-order valence-electron chi connectivity index (χ2n) is 11.8. The number of carbonyl (C=O) groups is 2. The van der Waals surface area contributed by atoms with Crippen molar-refractivity contribution in [2.45, 2.75) is 90.1 Å². The molecule has 8 atom stereocenters. The monoisotopic (exact) mass is 570 g/mol. The maximum atomic E-state index is 13.1. The van der Waals surface area contributed by atoms with Crippen LogP contribution < -0.4 is 0 Å². The molecule has 2 aliphatic rings. The van der Waals surface area contributed by atoms with E-state index in [2.05, 4.69) is 0 Å². The Morgan fingerprint density at radius 1 is 0.950 bits per heavy atom. The van der Waals surface area contributed by atoms with E-state index < -0.39 is 95.0 Å². The molecule has 0 spiro atoms. The fourth-order valence-electron chi connectivity index (χ4n) is 5.60. The van der Waals surface area contributed by atoms with Crippen LogP contribution in [0.25, 0.3) is 0 Å². The number of allylic oxidation sites excluding steroid dienone is 1. The average molecular weight is 571 g/mol. The number of aromatic hydroxyl groups is 3. The normalized spacial score (nSPS) is 34.7. The van der Waals surface area contributed by atoms with Crippen LogP contribution in [0.15, 0.2) is 23.8 Å². The number of ether oxygens (including phenoxy) is 3. The fraction of sp³-hybridized carbons (Fsp3) is 0.630. The lowest BCUT2D eigenvalue weighted by Crippen LogP contribution is -2.61. The van der Waals surface area contributed by atoms with Crippen molar-refractivity contribution in [1.82, 2.24) is 0 Å². The van der Waals surface area contributed by atoms with E-state index >= 15 is 0 Å². The quantitative estimate of drug-likeness (QED) is 0.121. The van der Waals surface area contributed by atoms with Crippen LogP contribution in [0.1, 0.15) is 51.9 Å². The molecule has 0 bridgehead atoms. The van der Waals surface area contributed by atoms with E-state index in [1.807, 2.05) is 0 Å². The minimum atomic E-state index is -2.29. The van der Waals surface area contributed by atoms with E-state index in [9.17, 15) is 50.4 Å². The maximum Gasteiger partial charge on any atom is 0.338 e. The first-order valence-corrected chi connectivity index (χ1v) is 12.6. The van der Waals surface area contributed by atoms with Crippen LogP contribution in [-0.2, 0) is 19.0 Å². The van der Waals surface area contributed by atoms with Crippen molar-refractivity contribution in [2.24, 2.45) is 10.8 Å². The SMILES string of the molecule is CC(C)=CC(=O)C1(O)C(O)C(C)(C)C(O[C@@H]2O[C@H](COC(=O)c3cc(O)c(O)c(O)c3)[C@@H](O)[C@H](O)[C@H]2O)C1(C)C. The number of phenols is 3. The molecule has 1 saturated heterocycles. The van der Waals surface area contributed by atoms with Gasteiger partial charge in [-0.3, -0.25) is 4.79 Å². The number of carbonyl (C=O) groups excluding carboxylic acids is 2. The number of phenolic OH excluding ortho intramolecular Hbond substituents is 3. The summed E-state index contributed by atoms with van der Waals surface area (Å²) in [7, 11) is 0. The highest BCUT2D eigenvalue weighted by molar-refractivity contribution is 5.99. The lowest BCUT2D eigenvalue weighted by atomic mass is 9.72. The third kappa shape index (κ3) is 5.18. The van der Waals surface area contributed by atoms with Gasteiger partial charge in [0.2, 0.25) is 0 Å². The number of benzene rings is 1. The van der Waals surface area contributed by atoms with Crippen molar-refractivity contribution in [3.63, 3.8) is 0 Å². The van der Waals surface area contributed by atoms with Crippen molar-refractivity contribution >= 4 is 11.8 Å². The van der Waals surface area contributed by atoms with Gasteiger partial charge in [0.05, 0.1) is 17.8 Å². The molecule has 2 fully saturated rings. The average Bonchev–Trinajstić information content (AvgIpc) is 2.96. The molecule has 40 heavy (non-hydrogen) atoms. The van der Waals surface area contributed by atoms with Gasteiger partial charge in [-0.15, -0.1) is 0 Å². The smallest absolute Gasteiger partial charge is 0.338 e. The van der Waals surface area contributed by atoms with Gasteiger partial charge in [-0.25, -0.2) is 4.79 Å². The first-order chi connectivity index (χ1) is 18.3. The van der Waals surface area contributed by atoms with Crippen molar-refractivity contribution < 1.29 is 64.7 Å². The van der Waals surface area contributed by atoms with Crippen molar-refractivity contribution in [1.29, 1.82) is 0 Å². The van der Waals surface area contributed by atoms with Gasteiger partial charge in [0, 0.05) is 10.8 Å². The maximum absolute atomic E-state index is 13.1. The number of esters is 1. The van der Waals surface area contributed by atoms with E-state index in [4.69, 9.17) is 14.2 Å². The highest BCUT2D eigenvalue weighted by Crippen LogP contribution is 2.57. The molecule has 0 aromatic heterocycles. The summed E-state index contributed by atoms with van der Waals surface area (Å²) in [5, 5.41) is 83.0. The fourth-order valence-corrected chi connectivity index (χ4v) is 5.60. The standard InChI is InChI=1S/C27H38O13/c1-11(2)7-16(30)27(37)23(36)25(3,4)24(26(27,5)6)40-22-20(34)19(33)18(32)15(39-22)10-38-21(35)12-8-13(28)17(31)14(29)9-12/h7-9,15,18-20,22-24,28-29,31-34,36-37H,10H2,1-6H3/t15-,18-,19+,20-,22+,23?,24?,27?/m1/s1. The molecule has 0 radical (unpaired) electrons. The summed E-state index contributed by atoms with van der Waals surface area (Å²) >= 11 is 0. The van der Waals surface area contributed by atoms with Gasteiger partial charge >= 0.3 is 5.97 Å².